The van der Waals surface area contributed by atoms with E-state index in [4.69, 9.17) is 0 Å². The maximum atomic E-state index is 3.83. The minimum atomic E-state index is 0.861. The number of hydrogen-bond donors (Lipinski definition) is 1. The number of likely N-dealkylation sites (tertiary alicyclic amines) is 1. The topological polar surface area (TPSA) is 15.3 Å². The van der Waals surface area contributed by atoms with Crippen molar-refractivity contribution < 1.29 is 0 Å². The Labute approximate surface area is 106 Å². The average Bonchev–Trinajstić information content (AvgIpc) is 2.40. The summed E-state index contributed by atoms with van der Waals surface area (Å²) in [5.41, 5.74) is 0. The van der Waals surface area contributed by atoms with Crippen molar-refractivity contribution in [1.29, 1.82) is 0 Å². The van der Waals surface area contributed by atoms with Crippen LogP contribution in [0.15, 0.2) is 0 Å². The highest BCUT2D eigenvalue weighted by Gasteiger charge is 2.35. The molecule has 0 amide bonds. The second-order valence-corrected chi connectivity index (χ2v) is 6.43. The molecular weight excluding hydrogens is 208 g/mol. The third-order valence-electron chi connectivity index (χ3n) is 5.24. The molecule has 3 fully saturated rings. The summed E-state index contributed by atoms with van der Waals surface area (Å²) in [6.07, 6.45) is 11.7. The molecule has 2 aliphatic heterocycles. The lowest BCUT2D eigenvalue weighted by atomic mass is 9.73. The van der Waals surface area contributed by atoms with E-state index in [1.807, 2.05) is 0 Å². The van der Waals surface area contributed by atoms with Crippen molar-refractivity contribution in [2.45, 2.75) is 57.4 Å². The molecule has 17 heavy (non-hydrogen) atoms. The van der Waals surface area contributed by atoms with E-state index >= 15 is 0 Å². The number of rotatable bonds is 2. The first-order valence-electron chi connectivity index (χ1n) is 7.89. The third-order valence-corrected chi connectivity index (χ3v) is 5.24. The Morgan fingerprint density at radius 2 is 1.71 bits per heavy atom. The maximum absolute atomic E-state index is 3.83. The van der Waals surface area contributed by atoms with Crippen molar-refractivity contribution in [2.24, 2.45) is 11.8 Å². The largest absolute Gasteiger partial charge is 0.313 e. The average molecular weight is 236 g/mol. The van der Waals surface area contributed by atoms with Crippen molar-refractivity contribution >= 4 is 0 Å². The van der Waals surface area contributed by atoms with E-state index in [9.17, 15) is 0 Å². The summed E-state index contributed by atoms with van der Waals surface area (Å²) in [4.78, 5) is 2.74. The van der Waals surface area contributed by atoms with Crippen molar-refractivity contribution in [3.63, 3.8) is 0 Å². The van der Waals surface area contributed by atoms with Gasteiger partial charge in [0.2, 0.25) is 0 Å². The van der Waals surface area contributed by atoms with Crippen LogP contribution in [-0.2, 0) is 0 Å². The molecule has 0 spiro atoms. The second-order valence-electron chi connectivity index (χ2n) is 6.43. The van der Waals surface area contributed by atoms with E-state index in [0.29, 0.717) is 0 Å². The van der Waals surface area contributed by atoms with E-state index in [2.05, 4.69) is 10.2 Å². The van der Waals surface area contributed by atoms with Crippen LogP contribution in [0.25, 0.3) is 0 Å². The molecule has 1 saturated carbocycles. The van der Waals surface area contributed by atoms with Crippen molar-refractivity contribution in [3.8, 4) is 0 Å². The molecule has 0 radical (unpaired) electrons. The molecule has 0 aromatic heterocycles. The number of nitrogens with one attached hydrogen (secondary N) is 1. The van der Waals surface area contributed by atoms with Gasteiger partial charge in [0, 0.05) is 12.6 Å². The molecule has 2 heterocycles. The van der Waals surface area contributed by atoms with Gasteiger partial charge in [0.15, 0.2) is 0 Å². The fourth-order valence-electron chi connectivity index (χ4n) is 4.35. The smallest absolute Gasteiger partial charge is 0.0136 e. The summed E-state index contributed by atoms with van der Waals surface area (Å²) in [5.74, 6) is 1.96. The van der Waals surface area contributed by atoms with Gasteiger partial charge in [-0.1, -0.05) is 12.8 Å². The molecule has 98 valence electrons. The van der Waals surface area contributed by atoms with E-state index in [1.165, 1.54) is 77.5 Å². The normalized spacial score (nSPS) is 39.9. The number of piperidine rings is 2. The minimum Gasteiger partial charge on any atom is -0.313 e. The number of fused-ring (bicyclic) bond motifs is 1. The fourth-order valence-corrected chi connectivity index (χ4v) is 4.35. The molecule has 2 saturated heterocycles. The molecule has 2 heteroatoms. The molecule has 0 bridgehead atoms. The van der Waals surface area contributed by atoms with Gasteiger partial charge in [0.1, 0.15) is 0 Å². The lowest BCUT2D eigenvalue weighted by molar-refractivity contribution is 0.0985. The first kappa shape index (κ1) is 12.0. The summed E-state index contributed by atoms with van der Waals surface area (Å²) >= 11 is 0. The summed E-state index contributed by atoms with van der Waals surface area (Å²) in [5, 5.41) is 3.83. The Kier molecular flexibility index (Phi) is 4.02. The van der Waals surface area contributed by atoms with E-state index in [1.54, 1.807) is 0 Å². The lowest BCUT2D eigenvalue weighted by Gasteiger charge is -2.44. The van der Waals surface area contributed by atoms with Gasteiger partial charge in [0.25, 0.3) is 0 Å². The zero-order valence-electron chi connectivity index (χ0n) is 11.2. The predicted molar refractivity (Wildman–Crippen MR) is 72.1 cm³/mol. The highest BCUT2D eigenvalue weighted by Crippen LogP contribution is 2.35. The zero-order chi connectivity index (χ0) is 11.5. The van der Waals surface area contributed by atoms with E-state index in [0.717, 1.165) is 17.9 Å². The standard InChI is InChI=1S/C15H28N2/c1-2-10-17(11-3-1)12-14-7-4-6-13-8-5-9-16-15(13)14/h13-16H,1-12H2. The molecule has 3 rings (SSSR count). The van der Waals surface area contributed by atoms with Crippen LogP contribution in [0, 0.1) is 11.8 Å². The molecular formula is C15H28N2. The zero-order valence-corrected chi connectivity index (χ0v) is 11.2. The SMILES string of the molecule is C1CCN(CC2CCCC3CCCNC32)CC1. The van der Waals surface area contributed by atoms with Gasteiger partial charge in [-0.25, -0.2) is 0 Å². The van der Waals surface area contributed by atoms with Gasteiger partial charge in [-0.15, -0.1) is 0 Å². The van der Waals surface area contributed by atoms with Crippen LogP contribution in [0.5, 0.6) is 0 Å². The molecule has 0 aromatic rings. The minimum absolute atomic E-state index is 0.861. The molecule has 1 N–H and O–H groups in total. The molecule has 3 atom stereocenters. The molecule has 0 aromatic carbocycles. The van der Waals surface area contributed by atoms with Gasteiger partial charge in [-0.3, -0.25) is 0 Å². The van der Waals surface area contributed by atoms with Crippen molar-refractivity contribution in [1.82, 2.24) is 10.2 Å². The molecule has 3 unspecified atom stereocenters. The molecule has 1 aliphatic carbocycles. The highest BCUT2D eigenvalue weighted by molar-refractivity contribution is 4.91. The Hall–Kier alpha value is -0.0800. The fraction of sp³-hybridized carbons (Fsp3) is 1.00. The number of hydrogen-bond acceptors (Lipinski definition) is 2. The summed E-state index contributed by atoms with van der Waals surface area (Å²) in [6.45, 7) is 5.40. The Balaban J connectivity index is 1.56. The quantitative estimate of drug-likeness (QED) is 0.793. The summed E-state index contributed by atoms with van der Waals surface area (Å²) in [7, 11) is 0. The van der Waals surface area contributed by atoms with Gasteiger partial charge in [0.05, 0.1) is 0 Å². The first-order chi connectivity index (χ1) is 8.43. The number of nitrogens with zero attached hydrogens (tertiary/aromatic N) is 1. The Morgan fingerprint density at radius 3 is 2.59 bits per heavy atom. The van der Waals surface area contributed by atoms with Crippen molar-refractivity contribution in [3.05, 3.63) is 0 Å². The second kappa shape index (κ2) is 5.71. The Morgan fingerprint density at radius 1 is 0.882 bits per heavy atom. The van der Waals surface area contributed by atoms with Crippen LogP contribution in [-0.4, -0.2) is 37.1 Å². The monoisotopic (exact) mass is 236 g/mol. The van der Waals surface area contributed by atoms with Crippen LogP contribution in [0.2, 0.25) is 0 Å². The van der Waals surface area contributed by atoms with Crippen LogP contribution in [0.1, 0.15) is 51.4 Å². The van der Waals surface area contributed by atoms with Crippen LogP contribution < -0.4 is 5.32 Å². The molecule has 2 nitrogen and oxygen atoms in total. The van der Waals surface area contributed by atoms with Gasteiger partial charge >= 0.3 is 0 Å². The Bertz CT molecular complexity index is 233. The molecule has 3 aliphatic rings. The lowest BCUT2D eigenvalue weighted by Crippen LogP contribution is -2.52. The summed E-state index contributed by atoms with van der Waals surface area (Å²) in [6, 6.07) is 0.861. The van der Waals surface area contributed by atoms with Crippen molar-refractivity contribution in [2.75, 3.05) is 26.2 Å². The first-order valence-corrected chi connectivity index (χ1v) is 7.89. The maximum Gasteiger partial charge on any atom is 0.0136 e. The van der Waals surface area contributed by atoms with Crippen LogP contribution in [0.3, 0.4) is 0 Å². The van der Waals surface area contributed by atoms with Crippen LogP contribution in [0.4, 0.5) is 0 Å². The van der Waals surface area contributed by atoms with Gasteiger partial charge in [-0.2, -0.15) is 0 Å². The third kappa shape index (κ3) is 2.85. The summed E-state index contributed by atoms with van der Waals surface area (Å²) < 4.78 is 0. The van der Waals surface area contributed by atoms with Gasteiger partial charge < -0.3 is 10.2 Å². The van der Waals surface area contributed by atoms with E-state index in [-0.39, 0.29) is 0 Å². The van der Waals surface area contributed by atoms with E-state index < -0.39 is 0 Å². The highest BCUT2D eigenvalue weighted by atomic mass is 15.1. The van der Waals surface area contributed by atoms with Gasteiger partial charge in [-0.05, 0) is 70.0 Å². The van der Waals surface area contributed by atoms with Crippen LogP contribution >= 0.6 is 0 Å². The predicted octanol–water partition coefficient (Wildman–Crippen LogP) is 2.64.